The highest BCUT2D eigenvalue weighted by molar-refractivity contribution is 5.69. The lowest BCUT2D eigenvalue weighted by Crippen LogP contribution is -2.55. The second kappa shape index (κ2) is 9.60. The van der Waals surface area contributed by atoms with E-state index >= 15 is 0 Å². The van der Waals surface area contributed by atoms with E-state index < -0.39 is 11.7 Å². The fourth-order valence-corrected chi connectivity index (χ4v) is 3.01. The zero-order valence-electron chi connectivity index (χ0n) is 16.6. The largest absolute Gasteiger partial charge is 0.445 e. The second-order valence-electron chi connectivity index (χ2n) is 7.74. The van der Waals surface area contributed by atoms with Gasteiger partial charge in [0.1, 0.15) is 12.2 Å². The van der Waals surface area contributed by atoms with Gasteiger partial charge in [0.2, 0.25) is 0 Å². The number of nitrogens with zero attached hydrogens (tertiary/aromatic N) is 1. The average molecular weight is 378 g/mol. The van der Waals surface area contributed by atoms with Gasteiger partial charge in [-0.1, -0.05) is 30.3 Å². The van der Waals surface area contributed by atoms with Gasteiger partial charge in [-0.05, 0) is 32.8 Å². The lowest BCUT2D eigenvalue weighted by Gasteiger charge is -2.38. The van der Waals surface area contributed by atoms with Gasteiger partial charge in [0, 0.05) is 26.1 Å². The summed E-state index contributed by atoms with van der Waals surface area (Å²) < 4.78 is 16.0. The molecule has 0 spiro atoms. The van der Waals surface area contributed by atoms with Gasteiger partial charge in [-0.3, -0.25) is 0 Å². The Hall–Kier alpha value is -2.28. The van der Waals surface area contributed by atoms with Crippen molar-refractivity contribution in [3.8, 4) is 0 Å². The number of amides is 2. The molecule has 1 aliphatic rings. The maximum absolute atomic E-state index is 12.4. The van der Waals surface area contributed by atoms with Crippen LogP contribution in [0.2, 0.25) is 0 Å². The summed E-state index contributed by atoms with van der Waals surface area (Å²) in [6.45, 7) is 7.10. The molecule has 1 aromatic carbocycles. The van der Waals surface area contributed by atoms with E-state index in [-0.39, 0.29) is 24.7 Å². The van der Waals surface area contributed by atoms with Crippen LogP contribution in [-0.4, -0.2) is 55.5 Å². The molecule has 0 bridgehead atoms. The van der Waals surface area contributed by atoms with E-state index in [1.807, 2.05) is 51.1 Å². The molecular weight excluding hydrogens is 348 g/mol. The minimum atomic E-state index is -0.580. The first-order valence-electron chi connectivity index (χ1n) is 9.22. The predicted molar refractivity (Wildman–Crippen MR) is 101 cm³/mol. The number of likely N-dealkylation sites (tertiary alicyclic amines) is 1. The SMILES string of the molecule is COCC1CCN(C(=O)OCc2ccccc2)CC1NC(=O)OC(C)(C)C. The van der Waals surface area contributed by atoms with E-state index in [0.29, 0.717) is 19.7 Å². The molecule has 0 aliphatic carbocycles. The van der Waals surface area contributed by atoms with Gasteiger partial charge in [-0.25, -0.2) is 9.59 Å². The van der Waals surface area contributed by atoms with E-state index in [2.05, 4.69) is 5.32 Å². The fourth-order valence-electron chi connectivity index (χ4n) is 3.01. The molecule has 27 heavy (non-hydrogen) atoms. The highest BCUT2D eigenvalue weighted by Gasteiger charge is 2.34. The maximum Gasteiger partial charge on any atom is 0.410 e. The van der Waals surface area contributed by atoms with Gasteiger partial charge in [0.15, 0.2) is 0 Å². The number of rotatable bonds is 5. The Morgan fingerprint density at radius 3 is 2.56 bits per heavy atom. The monoisotopic (exact) mass is 378 g/mol. The molecule has 2 atom stereocenters. The van der Waals surface area contributed by atoms with Crippen LogP contribution in [0.15, 0.2) is 30.3 Å². The van der Waals surface area contributed by atoms with Crippen molar-refractivity contribution in [3.05, 3.63) is 35.9 Å². The molecule has 1 aliphatic heterocycles. The number of methoxy groups -OCH3 is 1. The summed E-state index contributed by atoms with van der Waals surface area (Å²) in [7, 11) is 1.63. The minimum absolute atomic E-state index is 0.112. The summed E-state index contributed by atoms with van der Waals surface area (Å²) in [4.78, 5) is 26.2. The normalized spacial score (nSPS) is 20.1. The number of benzene rings is 1. The van der Waals surface area contributed by atoms with Crippen molar-refractivity contribution in [2.24, 2.45) is 5.92 Å². The minimum Gasteiger partial charge on any atom is -0.445 e. The number of piperidine rings is 1. The Bertz CT molecular complexity index is 615. The van der Waals surface area contributed by atoms with Crippen molar-refractivity contribution in [2.45, 2.75) is 45.4 Å². The fraction of sp³-hybridized carbons (Fsp3) is 0.600. The van der Waals surface area contributed by atoms with E-state index in [1.54, 1.807) is 12.0 Å². The van der Waals surface area contributed by atoms with Crippen LogP contribution in [0.3, 0.4) is 0 Å². The van der Waals surface area contributed by atoms with Crippen LogP contribution in [0.25, 0.3) is 0 Å². The van der Waals surface area contributed by atoms with Crippen LogP contribution in [-0.2, 0) is 20.8 Å². The van der Waals surface area contributed by atoms with Gasteiger partial charge in [0.05, 0.1) is 12.6 Å². The third kappa shape index (κ3) is 7.09. The number of hydrogen-bond acceptors (Lipinski definition) is 5. The van der Waals surface area contributed by atoms with E-state index in [4.69, 9.17) is 14.2 Å². The summed E-state index contributed by atoms with van der Waals surface area (Å²) in [5, 5.41) is 2.88. The molecule has 2 rings (SSSR count). The predicted octanol–water partition coefficient (Wildman–Crippen LogP) is 3.18. The quantitative estimate of drug-likeness (QED) is 0.851. The van der Waals surface area contributed by atoms with Crippen LogP contribution in [0, 0.1) is 5.92 Å². The molecular formula is C20H30N2O5. The molecule has 1 heterocycles. The number of hydrogen-bond donors (Lipinski definition) is 1. The summed E-state index contributed by atoms with van der Waals surface area (Å²) in [5.41, 5.74) is 0.354. The lowest BCUT2D eigenvalue weighted by molar-refractivity contribution is 0.0294. The Morgan fingerprint density at radius 1 is 1.22 bits per heavy atom. The van der Waals surface area contributed by atoms with E-state index in [9.17, 15) is 9.59 Å². The van der Waals surface area contributed by atoms with Crippen molar-refractivity contribution in [1.82, 2.24) is 10.2 Å². The summed E-state index contributed by atoms with van der Waals surface area (Å²) >= 11 is 0. The molecule has 1 fully saturated rings. The zero-order valence-corrected chi connectivity index (χ0v) is 16.6. The first-order valence-corrected chi connectivity index (χ1v) is 9.22. The number of nitrogens with one attached hydrogen (secondary N) is 1. The third-order valence-corrected chi connectivity index (χ3v) is 4.30. The van der Waals surface area contributed by atoms with Gasteiger partial charge < -0.3 is 24.4 Å². The first-order chi connectivity index (χ1) is 12.8. The van der Waals surface area contributed by atoms with Crippen LogP contribution in [0.1, 0.15) is 32.8 Å². The standard InChI is InChI=1S/C20H30N2O5/c1-20(2,3)27-18(23)21-17-12-22(11-10-16(17)14-25-4)19(24)26-13-15-8-6-5-7-9-15/h5-9,16-17H,10-14H2,1-4H3,(H,21,23). The van der Waals surface area contributed by atoms with E-state index in [0.717, 1.165) is 12.0 Å². The molecule has 0 aromatic heterocycles. The highest BCUT2D eigenvalue weighted by atomic mass is 16.6. The van der Waals surface area contributed by atoms with Crippen molar-refractivity contribution in [1.29, 1.82) is 0 Å². The maximum atomic E-state index is 12.4. The molecule has 1 aromatic rings. The highest BCUT2D eigenvalue weighted by Crippen LogP contribution is 2.20. The van der Waals surface area contributed by atoms with Gasteiger partial charge in [-0.2, -0.15) is 0 Å². The summed E-state index contributed by atoms with van der Waals surface area (Å²) in [6.07, 6.45) is -0.159. The Labute approximate surface area is 161 Å². The number of ether oxygens (including phenoxy) is 3. The molecule has 2 amide bonds. The molecule has 0 saturated carbocycles. The van der Waals surface area contributed by atoms with Crippen LogP contribution in [0.5, 0.6) is 0 Å². The van der Waals surface area contributed by atoms with Crippen LogP contribution < -0.4 is 5.32 Å². The molecule has 7 nitrogen and oxygen atoms in total. The zero-order chi connectivity index (χ0) is 19.9. The number of alkyl carbamates (subject to hydrolysis) is 1. The Balaban J connectivity index is 1.93. The molecule has 1 N–H and O–H groups in total. The van der Waals surface area contributed by atoms with Crippen molar-refractivity contribution in [3.63, 3.8) is 0 Å². The van der Waals surface area contributed by atoms with Gasteiger partial charge >= 0.3 is 12.2 Å². The van der Waals surface area contributed by atoms with Crippen molar-refractivity contribution in [2.75, 3.05) is 26.8 Å². The van der Waals surface area contributed by atoms with Crippen molar-refractivity contribution >= 4 is 12.2 Å². The third-order valence-electron chi connectivity index (χ3n) is 4.30. The molecule has 7 heteroatoms. The summed E-state index contributed by atoms with van der Waals surface area (Å²) in [5.74, 6) is 0.112. The van der Waals surface area contributed by atoms with Crippen molar-refractivity contribution < 1.29 is 23.8 Å². The van der Waals surface area contributed by atoms with Gasteiger partial charge in [0.25, 0.3) is 0 Å². The van der Waals surface area contributed by atoms with Crippen LogP contribution in [0.4, 0.5) is 9.59 Å². The topological polar surface area (TPSA) is 77.1 Å². The number of carbonyl (C=O) groups excluding carboxylic acids is 2. The van der Waals surface area contributed by atoms with Crippen LogP contribution >= 0.6 is 0 Å². The average Bonchev–Trinajstić information content (AvgIpc) is 2.60. The Morgan fingerprint density at radius 2 is 1.93 bits per heavy atom. The first kappa shape index (κ1) is 21.0. The number of carbonyl (C=O) groups is 2. The Kier molecular flexibility index (Phi) is 7.47. The molecule has 2 unspecified atom stereocenters. The molecule has 0 radical (unpaired) electrons. The molecule has 1 saturated heterocycles. The van der Waals surface area contributed by atoms with E-state index in [1.165, 1.54) is 0 Å². The smallest absolute Gasteiger partial charge is 0.410 e. The van der Waals surface area contributed by atoms with Gasteiger partial charge in [-0.15, -0.1) is 0 Å². The second-order valence-corrected chi connectivity index (χ2v) is 7.74. The lowest BCUT2D eigenvalue weighted by atomic mass is 9.92. The molecule has 150 valence electrons. The summed E-state index contributed by atoms with van der Waals surface area (Å²) in [6, 6.07) is 9.28.